The Hall–Kier alpha value is -0.340. The minimum Gasteiger partial charge on any atom is -0.358 e. The summed E-state index contributed by atoms with van der Waals surface area (Å²) in [6.07, 6.45) is 3.88. The lowest BCUT2D eigenvalue weighted by Crippen LogP contribution is -2.19. The van der Waals surface area contributed by atoms with E-state index < -0.39 is 5.85 Å². The summed E-state index contributed by atoms with van der Waals surface area (Å²) in [5.41, 5.74) is 0. The zero-order valence-corrected chi connectivity index (χ0v) is 5.40. The molecule has 3 heteroatoms. The lowest BCUT2D eigenvalue weighted by molar-refractivity contribution is -0.0395. The van der Waals surface area contributed by atoms with Crippen LogP contribution in [0.15, 0.2) is 23.3 Å². The molecule has 0 bridgehead atoms. The predicted octanol–water partition coefficient (Wildman–Crippen LogP) is 1.73. The third kappa shape index (κ3) is 1.80. The molecule has 0 fully saturated rings. The van der Waals surface area contributed by atoms with Crippen molar-refractivity contribution in [3.05, 3.63) is 23.3 Å². The molecule has 1 aliphatic carbocycles. The maximum atomic E-state index is 12.5. The highest BCUT2D eigenvalue weighted by atomic mass is 35.5. The van der Waals surface area contributed by atoms with Gasteiger partial charge in [0.15, 0.2) is 0 Å². The second kappa shape index (κ2) is 2.12. The van der Waals surface area contributed by atoms with E-state index in [-0.39, 0.29) is 6.42 Å². The van der Waals surface area contributed by atoms with Crippen molar-refractivity contribution < 1.29 is 9.50 Å². The van der Waals surface area contributed by atoms with Crippen LogP contribution in [0.5, 0.6) is 0 Å². The minimum absolute atomic E-state index is 0.134. The summed E-state index contributed by atoms with van der Waals surface area (Å²) in [7, 11) is 0. The number of aliphatic hydroxyl groups is 1. The standard InChI is InChI=1S/C6H6ClFO/c7-5-2-1-3-6(8,9)4-5/h1-3,9H,4H2. The third-order valence-electron chi connectivity index (χ3n) is 1.05. The SMILES string of the molecule is OC1(F)C=CC=C(Cl)C1. The Labute approximate surface area is 57.4 Å². The van der Waals surface area contributed by atoms with Crippen molar-refractivity contribution in [2.45, 2.75) is 12.3 Å². The molecule has 0 heterocycles. The zero-order chi connectivity index (χ0) is 6.91. The molecule has 1 unspecified atom stereocenters. The molecular weight excluding hydrogens is 143 g/mol. The monoisotopic (exact) mass is 148 g/mol. The molecule has 0 saturated carbocycles. The number of hydrogen-bond acceptors (Lipinski definition) is 1. The molecule has 0 amide bonds. The Morgan fingerprint density at radius 1 is 1.78 bits per heavy atom. The van der Waals surface area contributed by atoms with E-state index in [1.54, 1.807) is 6.08 Å². The van der Waals surface area contributed by atoms with Crippen LogP contribution in [0.3, 0.4) is 0 Å². The molecular formula is C6H6ClFO. The molecule has 0 saturated heterocycles. The van der Waals surface area contributed by atoms with Gasteiger partial charge in [-0.1, -0.05) is 17.7 Å². The lowest BCUT2D eigenvalue weighted by atomic mass is 10.1. The van der Waals surface area contributed by atoms with Crippen LogP contribution in [0.4, 0.5) is 4.39 Å². The predicted molar refractivity (Wildman–Crippen MR) is 33.8 cm³/mol. The first-order chi connectivity index (χ1) is 4.10. The van der Waals surface area contributed by atoms with Gasteiger partial charge in [-0.3, -0.25) is 0 Å². The minimum atomic E-state index is -2.23. The normalized spacial score (nSPS) is 34.3. The van der Waals surface area contributed by atoms with Crippen molar-refractivity contribution in [2.75, 3.05) is 0 Å². The summed E-state index contributed by atoms with van der Waals surface area (Å²) in [5, 5.41) is 9.00. The first-order valence-corrected chi connectivity index (χ1v) is 2.93. The first-order valence-electron chi connectivity index (χ1n) is 2.55. The fourth-order valence-corrected chi connectivity index (χ4v) is 0.915. The molecule has 0 aromatic carbocycles. The Morgan fingerprint density at radius 3 is 2.78 bits per heavy atom. The maximum absolute atomic E-state index is 12.5. The van der Waals surface area contributed by atoms with Gasteiger partial charge in [-0.05, 0) is 12.2 Å². The number of alkyl halides is 1. The van der Waals surface area contributed by atoms with E-state index >= 15 is 0 Å². The van der Waals surface area contributed by atoms with E-state index in [4.69, 9.17) is 16.7 Å². The lowest BCUT2D eigenvalue weighted by Gasteiger charge is -2.15. The molecule has 0 radical (unpaired) electrons. The maximum Gasteiger partial charge on any atom is 0.231 e. The fraction of sp³-hybridized carbons (Fsp3) is 0.333. The Bertz CT molecular complexity index is 172. The van der Waals surface area contributed by atoms with Gasteiger partial charge < -0.3 is 5.11 Å². The van der Waals surface area contributed by atoms with Crippen LogP contribution >= 0.6 is 11.6 Å². The van der Waals surface area contributed by atoms with E-state index in [0.29, 0.717) is 5.03 Å². The van der Waals surface area contributed by atoms with Gasteiger partial charge in [0.05, 0.1) is 0 Å². The molecule has 9 heavy (non-hydrogen) atoms. The molecule has 0 spiro atoms. The summed E-state index contributed by atoms with van der Waals surface area (Å²) in [5.74, 6) is -2.23. The van der Waals surface area contributed by atoms with Gasteiger partial charge in [0.2, 0.25) is 5.85 Å². The second-order valence-electron chi connectivity index (χ2n) is 1.97. The van der Waals surface area contributed by atoms with Crippen LogP contribution in [0, 0.1) is 0 Å². The van der Waals surface area contributed by atoms with Crippen molar-refractivity contribution in [3.63, 3.8) is 0 Å². The van der Waals surface area contributed by atoms with E-state index in [1.807, 2.05) is 0 Å². The van der Waals surface area contributed by atoms with Crippen LogP contribution in [0.2, 0.25) is 0 Å². The van der Waals surface area contributed by atoms with E-state index in [0.717, 1.165) is 6.08 Å². The summed E-state index contributed by atoms with van der Waals surface area (Å²) in [6, 6.07) is 0. The van der Waals surface area contributed by atoms with Crippen LogP contribution in [0.25, 0.3) is 0 Å². The van der Waals surface area contributed by atoms with Gasteiger partial charge in [-0.25, -0.2) is 4.39 Å². The highest BCUT2D eigenvalue weighted by Gasteiger charge is 2.24. The average Bonchev–Trinajstić information content (AvgIpc) is 1.60. The zero-order valence-electron chi connectivity index (χ0n) is 4.64. The molecule has 1 atom stereocenters. The summed E-state index contributed by atoms with van der Waals surface area (Å²) in [6.45, 7) is 0. The highest BCUT2D eigenvalue weighted by Crippen LogP contribution is 2.25. The quantitative estimate of drug-likeness (QED) is 0.555. The second-order valence-corrected chi connectivity index (χ2v) is 2.45. The third-order valence-corrected chi connectivity index (χ3v) is 1.31. The smallest absolute Gasteiger partial charge is 0.231 e. The molecule has 0 aromatic heterocycles. The molecule has 1 nitrogen and oxygen atoms in total. The number of allylic oxidation sites excluding steroid dienone is 2. The van der Waals surface area contributed by atoms with Crippen LogP contribution in [0.1, 0.15) is 6.42 Å². The topological polar surface area (TPSA) is 20.2 Å². The largest absolute Gasteiger partial charge is 0.358 e. The number of rotatable bonds is 0. The summed E-state index contributed by atoms with van der Waals surface area (Å²) >= 11 is 5.41. The van der Waals surface area contributed by atoms with E-state index in [9.17, 15) is 4.39 Å². The number of hydrogen-bond donors (Lipinski definition) is 1. The Morgan fingerprint density at radius 2 is 2.44 bits per heavy atom. The van der Waals surface area contributed by atoms with E-state index in [1.165, 1.54) is 6.08 Å². The fourth-order valence-electron chi connectivity index (χ4n) is 0.655. The molecule has 0 aromatic rings. The Balaban J connectivity index is 2.73. The molecule has 1 aliphatic rings. The molecule has 0 aliphatic heterocycles. The van der Waals surface area contributed by atoms with Crippen LogP contribution in [-0.2, 0) is 0 Å². The molecule has 1 N–H and O–H groups in total. The highest BCUT2D eigenvalue weighted by molar-refractivity contribution is 6.29. The van der Waals surface area contributed by atoms with Crippen molar-refractivity contribution in [2.24, 2.45) is 0 Å². The van der Waals surface area contributed by atoms with Crippen molar-refractivity contribution in [3.8, 4) is 0 Å². The van der Waals surface area contributed by atoms with Gasteiger partial charge >= 0.3 is 0 Å². The summed E-state index contributed by atoms with van der Waals surface area (Å²) in [4.78, 5) is 0. The van der Waals surface area contributed by atoms with Crippen LogP contribution < -0.4 is 0 Å². The van der Waals surface area contributed by atoms with Gasteiger partial charge in [0.25, 0.3) is 0 Å². The van der Waals surface area contributed by atoms with Gasteiger partial charge in [0.1, 0.15) is 0 Å². The van der Waals surface area contributed by atoms with Gasteiger partial charge in [0, 0.05) is 11.5 Å². The Kier molecular flexibility index (Phi) is 1.60. The number of halogens is 2. The molecule has 1 rings (SSSR count). The van der Waals surface area contributed by atoms with Crippen molar-refractivity contribution in [1.82, 2.24) is 0 Å². The van der Waals surface area contributed by atoms with Crippen LogP contribution in [-0.4, -0.2) is 11.0 Å². The van der Waals surface area contributed by atoms with Crippen molar-refractivity contribution >= 4 is 11.6 Å². The van der Waals surface area contributed by atoms with Crippen molar-refractivity contribution in [1.29, 1.82) is 0 Å². The molecule has 50 valence electrons. The van der Waals surface area contributed by atoms with Gasteiger partial charge in [-0.15, -0.1) is 0 Å². The first kappa shape index (κ1) is 6.78. The average molecular weight is 149 g/mol. The summed E-state index contributed by atoms with van der Waals surface area (Å²) < 4.78 is 12.5. The van der Waals surface area contributed by atoms with E-state index in [2.05, 4.69) is 0 Å². The van der Waals surface area contributed by atoms with Gasteiger partial charge in [-0.2, -0.15) is 0 Å².